The number of nitrogens with two attached hydrogens (primary N) is 1. The monoisotopic (exact) mass is 395 g/mol. The van der Waals surface area contributed by atoms with Crippen molar-refractivity contribution in [3.8, 4) is 11.4 Å². The molecule has 0 radical (unpaired) electrons. The molecule has 2 aromatic rings. The van der Waals surface area contributed by atoms with E-state index in [2.05, 4.69) is 10.2 Å². The topological polar surface area (TPSA) is 94.1 Å². The Bertz CT molecular complexity index is 856. The predicted molar refractivity (Wildman–Crippen MR) is 104 cm³/mol. The van der Waals surface area contributed by atoms with Gasteiger partial charge in [0.05, 0.1) is 4.90 Å². The Balaban J connectivity index is 1.90. The minimum absolute atomic E-state index is 0.242. The van der Waals surface area contributed by atoms with Crippen molar-refractivity contribution in [1.29, 1.82) is 0 Å². The third-order valence-corrected chi connectivity index (χ3v) is 8.01. The highest BCUT2D eigenvalue weighted by Gasteiger charge is 2.24. The van der Waals surface area contributed by atoms with E-state index in [0.29, 0.717) is 34.9 Å². The van der Waals surface area contributed by atoms with Gasteiger partial charge in [-0.3, -0.25) is 0 Å². The summed E-state index contributed by atoms with van der Waals surface area (Å²) in [5, 5.41) is 9.60. The van der Waals surface area contributed by atoms with Crippen molar-refractivity contribution >= 4 is 21.8 Å². The van der Waals surface area contributed by atoms with E-state index >= 15 is 0 Å². The second-order valence-corrected chi connectivity index (χ2v) is 9.52. The van der Waals surface area contributed by atoms with Gasteiger partial charge in [0.2, 0.25) is 15.2 Å². The lowest BCUT2D eigenvalue weighted by Gasteiger charge is -2.18. The van der Waals surface area contributed by atoms with Crippen LogP contribution in [-0.2, 0) is 10.0 Å². The molecule has 0 amide bonds. The van der Waals surface area contributed by atoms with Crippen molar-refractivity contribution < 1.29 is 8.42 Å². The zero-order valence-electron chi connectivity index (χ0n) is 15.1. The molecule has 1 aliphatic carbocycles. The number of sulfonamides is 1. The summed E-state index contributed by atoms with van der Waals surface area (Å²) in [6.07, 6.45) is 4.83. The third kappa shape index (κ3) is 3.74. The van der Waals surface area contributed by atoms with Crippen LogP contribution in [0.2, 0.25) is 0 Å². The van der Waals surface area contributed by atoms with Gasteiger partial charge in [0, 0.05) is 23.9 Å². The second kappa shape index (κ2) is 7.98. The summed E-state index contributed by atoms with van der Waals surface area (Å²) in [6.45, 7) is 4.51. The van der Waals surface area contributed by atoms with Gasteiger partial charge in [-0.05, 0) is 25.0 Å². The van der Waals surface area contributed by atoms with Gasteiger partial charge in [0.15, 0.2) is 5.82 Å². The van der Waals surface area contributed by atoms with Gasteiger partial charge in [0.1, 0.15) is 0 Å². The molecule has 142 valence electrons. The van der Waals surface area contributed by atoms with Crippen LogP contribution in [0.5, 0.6) is 0 Å². The fourth-order valence-corrected chi connectivity index (χ4v) is 5.88. The Labute approximate surface area is 159 Å². The van der Waals surface area contributed by atoms with Crippen LogP contribution < -0.4 is 5.84 Å². The summed E-state index contributed by atoms with van der Waals surface area (Å²) in [5.41, 5.74) is 0.645. The maximum atomic E-state index is 12.7. The first kappa shape index (κ1) is 19.2. The number of aromatic nitrogens is 3. The van der Waals surface area contributed by atoms with E-state index in [1.807, 2.05) is 13.8 Å². The molecular formula is C17H25N5O2S2. The molecule has 2 N–H and O–H groups in total. The Morgan fingerprint density at radius 2 is 1.92 bits per heavy atom. The highest BCUT2D eigenvalue weighted by molar-refractivity contribution is 7.99. The maximum Gasteiger partial charge on any atom is 0.243 e. The Morgan fingerprint density at radius 1 is 1.23 bits per heavy atom. The Morgan fingerprint density at radius 3 is 2.58 bits per heavy atom. The number of rotatable bonds is 7. The quantitative estimate of drug-likeness (QED) is 0.725. The smallest absolute Gasteiger partial charge is 0.243 e. The maximum absolute atomic E-state index is 12.7. The number of nitrogen functional groups attached to an aromatic ring is 1. The van der Waals surface area contributed by atoms with Gasteiger partial charge in [-0.1, -0.05) is 50.6 Å². The summed E-state index contributed by atoms with van der Waals surface area (Å²) in [6, 6.07) is 6.73. The van der Waals surface area contributed by atoms with Crippen LogP contribution in [0.25, 0.3) is 11.4 Å². The van der Waals surface area contributed by atoms with Gasteiger partial charge >= 0.3 is 0 Å². The van der Waals surface area contributed by atoms with Crippen LogP contribution in [0, 0.1) is 0 Å². The summed E-state index contributed by atoms with van der Waals surface area (Å²) in [7, 11) is -3.53. The number of hydrogen-bond donors (Lipinski definition) is 1. The fraction of sp³-hybridized carbons (Fsp3) is 0.529. The average Bonchev–Trinajstić information content (AvgIpc) is 3.27. The fourth-order valence-electron chi connectivity index (χ4n) is 3.22. The van der Waals surface area contributed by atoms with Crippen LogP contribution in [0.1, 0.15) is 39.5 Å². The van der Waals surface area contributed by atoms with E-state index < -0.39 is 10.0 Å². The molecule has 0 saturated heterocycles. The van der Waals surface area contributed by atoms with Gasteiger partial charge in [-0.15, -0.1) is 10.2 Å². The molecule has 1 fully saturated rings. The number of thioether (sulfide) groups is 1. The minimum atomic E-state index is -3.53. The van der Waals surface area contributed by atoms with Gasteiger partial charge < -0.3 is 5.84 Å². The third-order valence-electron chi connectivity index (χ3n) is 4.67. The van der Waals surface area contributed by atoms with Gasteiger partial charge in [-0.2, -0.15) is 4.31 Å². The molecule has 1 saturated carbocycles. The predicted octanol–water partition coefficient (Wildman–Crippen LogP) is 2.72. The average molecular weight is 396 g/mol. The largest absolute Gasteiger partial charge is 0.335 e. The number of benzene rings is 1. The summed E-state index contributed by atoms with van der Waals surface area (Å²) in [5.74, 6) is 6.67. The molecule has 1 aliphatic rings. The van der Waals surface area contributed by atoms with Crippen LogP contribution in [0.4, 0.5) is 0 Å². The standard InChI is InChI=1S/C17H25N5O2S2/c1-3-21(4-2)26(23,24)15-11-7-8-13(12-15)16-19-20-17(22(16)18)25-14-9-5-6-10-14/h7-8,11-12,14H,3-6,9-10,18H2,1-2H3. The molecule has 0 atom stereocenters. The van der Waals surface area contributed by atoms with Crippen LogP contribution in [0.15, 0.2) is 34.3 Å². The SMILES string of the molecule is CCN(CC)S(=O)(=O)c1cccc(-c2nnc(SC3CCCC3)n2N)c1. The van der Waals surface area contributed by atoms with Crippen LogP contribution in [-0.4, -0.2) is 45.9 Å². The summed E-state index contributed by atoms with van der Waals surface area (Å²) in [4.78, 5) is 0.242. The van der Waals surface area contributed by atoms with Crippen molar-refractivity contribution in [2.75, 3.05) is 18.9 Å². The Hall–Kier alpha value is -1.58. The molecule has 0 spiro atoms. The highest BCUT2D eigenvalue weighted by atomic mass is 32.2. The second-order valence-electron chi connectivity index (χ2n) is 6.32. The molecule has 26 heavy (non-hydrogen) atoms. The van der Waals surface area contributed by atoms with Gasteiger partial charge in [-0.25, -0.2) is 13.1 Å². The molecule has 1 aromatic carbocycles. The Kier molecular flexibility index (Phi) is 5.89. The summed E-state index contributed by atoms with van der Waals surface area (Å²) >= 11 is 1.65. The molecular weight excluding hydrogens is 370 g/mol. The van der Waals surface area contributed by atoms with Crippen molar-refractivity contribution in [3.05, 3.63) is 24.3 Å². The molecule has 0 aliphatic heterocycles. The zero-order chi connectivity index (χ0) is 18.7. The number of nitrogens with zero attached hydrogens (tertiary/aromatic N) is 4. The summed E-state index contributed by atoms with van der Waals surface area (Å²) < 4.78 is 28.4. The lowest BCUT2D eigenvalue weighted by atomic mass is 10.2. The van der Waals surface area contributed by atoms with Crippen molar-refractivity contribution in [2.24, 2.45) is 0 Å². The van der Waals surface area contributed by atoms with E-state index in [9.17, 15) is 8.42 Å². The molecule has 7 nitrogen and oxygen atoms in total. The van der Waals surface area contributed by atoms with Crippen molar-refractivity contribution in [1.82, 2.24) is 19.2 Å². The molecule has 1 heterocycles. The zero-order valence-corrected chi connectivity index (χ0v) is 16.8. The van der Waals surface area contributed by atoms with E-state index in [1.54, 1.807) is 36.0 Å². The lowest BCUT2D eigenvalue weighted by molar-refractivity contribution is 0.445. The van der Waals surface area contributed by atoms with Crippen molar-refractivity contribution in [2.45, 2.75) is 54.8 Å². The van der Waals surface area contributed by atoms with Gasteiger partial charge in [0.25, 0.3) is 0 Å². The first-order valence-electron chi connectivity index (χ1n) is 8.95. The molecule has 1 aromatic heterocycles. The molecule has 9 heteroatoms. The van der Waals surface area contributed by atoms with E-state index in [0.717, 1.165) is 0 Å². The molecule has 3 rings (SSSR count). The first-order valence-corrected chi connectivity index (χ1v) is 11.3. The first-order chi connectivity index (χ1) is 12.5. The molecule has 0 bridgehead atoms. The van der Waals surface area contributed by atoms with Crippen LogP contribution in [0.3, 0.4) is 0 Å². The highest BCUT2D eigenvalue weighted by Crippen LogP contribution is 2.34. The van der Waals surface area contributed by atoms with E-state index in [-0.39, 0.29) is 4.90 Å². The lowest BCUT2D eigenvalue weighted by Crippen LogP contribution is -2.30. The molecule has 0 unspecified atom stereocenters. The van der Waals surface area contributed by atoms with Crippen LogP contribution >= 0.6 is 11.8 Å². The normalized spacial score (nSPS) is 15.8. The van der Waals surface area contributed by atoms with E-state index in [4.69, 9.17) is 5.84 Å². The van der Waals surface area contributed by atoms with E-state index in [1.165, 1.54) is 34.7 Å². The van der Waals surface area contributed by atoms with Crippen molar-refractivity contribution in [3.63, 3.8) is 0 Å². The number of hydrogen-bond acceptors (Lipinski definition) is 6. The minimum Gasteiger partial charge on any atom is -0.335 e.